The SMILES string of the molecule is C[C@H](OC(=O)C(c1ccccc1)c1ccccc1)C(=O)Nc1ccc(F)c(F)c1F. The second kappa shape index (κ2) is 9.26. The Morgan fingerprint density at radius 2 is 1.33 bits per heavy atom. The van der Waals surface area contributed by atoms with Crippen molar-refractivity contribution in [3.05, 3.63) is 101 Å². The number of amides is 1. The summed E-state index contributed by atoms with van der Waals surface area (Å²) < 4.78 is 45.5. The monoisotopic (exact) mass is 413 g/mol. The molecule has 1 amide bonds. The summed E-state index contributed by atoms with van der Waals surface area (Å²) >= 11 is 0. The van der Waals surface area contributed by atoms with Gasteiger partial charge in [-0.1, -0.05) is 60.7 Å². The van der Waals surface area contributed by atoms with E-state index in [0.29, 0.717) is 17.2 Å². The van der Waals surface area contributed by atoms with E-state index in [1.807, 2.05) is 12.1 Å². The Balaban J connectivity index is 1.77. The minimum absolute atomic E-state index is 0.551. The number of ether oxygens (including phenoxy) is 1. The van der Waals surface area contributed by atoms with Crippen LogP contribution in [0, 0.1) is 17.5 Å². The predicted octanol–water partition coefficient (Wildman–Crippen LogP) is 4.81. The third-order valence-corrected chi connectivity index (χ3v) is 4.46. The van der Waals surface area contributed by atoms with E-state index in [2.05, 4.69) is 5.32 Å². The topological polar surface area (TPSA) is 55.4 Å². The van der Waals surface area contributed by atoms with Crippen molar-refractivity contribution in [3.8, 4) is 0 Å². The van der Waals surface area contributed by atoms with Gasteiger partial charge in [0.15, 0.2) is 23.6 Å². The molecule has 0 aliphatic rings. The van der Waals surface area contributed by atoms with Crippen molar-refractivity contribution < 1.29 is 27.5 Å². The maximum absolute atomic E-state index is 13.8. The first-order chi connectivity index (χ1) is 14.4. The van der Waals surface area contributed by atoms with Gasteiger partial charge in [-0.15, -0.1) is 0 Å². The van der Waals surface area contributed by atoms with Crippen LogP contribution in [-0.2, 0) is 14.3 Å². The Labute approximate surface area is 171 Å². The second-order valence-electron chi connectivity index (χ2n) is 6.55. The van der Waals surface area contributed by atoms with E-state index in [1.165, 1.54) is 6.92 Å². The van der Waals surface area contributed by atoms with Crippen LogP contribution in [0.5, 0.6) is 0 Å². The molecule has 4 nitrogen and oxygen atoms in total. The summed E-state index contributed by atoms with van der Waals surface area (Å²) in [5, 5.41) is 2.10. The minimum atomic E-state index is -1.70. The van der Waals surface area contributed by atoms with E-state index >= 15 is 0 Å². The van der Waals surface area contributed by atoms with Crippen LogP contribution in [0.3, 0.4) is 0 Å². The average Bonchev–Trinajstić information content (AvgIpc) is 2.75. The first kappa shape index (κ1) is 21.1. The van der Waals surface area contributed by atoms with Gasteiger partial charge >= 0.3 is 5.97 Å². The number of nitrogens with one attached hydrogen (secondary N) is 1. The highest BCUT2D eigenvalue weighted by Crippen LogP contribution is 2.27. The zero-order valence-corrected chi connectivity index (χ0v) is 15.9. The summed E-state index contributed by atoms with van der Waals surface area (Å²) in [4.78, 5) is 25.2. The Bertz CT molecular complexity index is 1000. The zero-order chi connectivity index (χ0) is 21.7. The number of esters is 1. The lowest BCUT2D eigenvalue weighted by atomic mass is 9.91. The van der Waals surface area contributed by atoms with Gasteiger partial charge in [0.1, 0.15) is 5.92 Å². The zero-order valence-electron chi connectivity index (χ0n) is 15.9. The molecule has 0 aliphatic carbocycles. The fourth-order valence-electron chi connectivity index (χ4n) is 2.91. The Morgan fingerprint density at radius 1 is 0.800 bits per heavy atom. The highest BCUT2D eigenvalue weighted by molar-refractivity contribution is 5.96. The van der Waals surface area contributed by atoms with E-state index in [0.717, 1.165) is 6.07 Å². The summed E-state index contributed by atoms with van der Waals surface area (Å²) in [5.74, 6) is -6.95. The normalized spacial score (nSPS) is 11.8. The van der Waals surface area contributed by atoms with Crippen molar-refractivity contribution in [1.82, 2.24) is 0 Å². The summed E-state index contributed by atoms with van der Waals surface area (Å²) in [6.07, 6.45) is -1.31. The molecule has 3 aromatic rings. The number of hydrogen-bond donors (Lipinski definition) is 1. The maximum Gasteiger partial charge on any atom is 0.318 e. The predicted molar refractivity (Wildman–Crippen MR) is 105 cm³/mol. The largest absolute Gasteiger partial charge is 0.452 e. The molecular formula is C23H18F3NO3. The lowest BCUT2D eigenvalue weighted by Gasteiger charge is -2.20. The maximum atomic E-state index is 13.8. The smallest absolute Gasteiger partial charge is 0.318 e. The van der Waals surface area contributed by atoms with Crippen LogP contribution in [0.1, 0.15) is 24.0 Å². The molecule has 0 bridgehead atoms. The van der Waals surface area contributed by atoms with Gasteiger partial charge in [-0.05, 0) is 30.2 Å². The minimum Gasteiger partial charge on any atom is -0.452 e. The lowest BCUT2D eigenvalue weighted by molar-refractivity contribution is -0.153. The van der Waals surface area contributed by atoms with Gasteiger partial charge in [-0.25, -0.2) is 13.2 Å². The summed E-state index contributed by atoms with van der Waals surface area (Å²) in [6.45, 7) is 1.30. The molecule has 0 aliphatic heterocycles. The number of benzene rings is 3. The molecule has 0 saturated heterocycles. The van der Waals surface area contributed by atoms with E-state index < -0.39 is 47.0 Å². The van der Waals surface area contributed by atoms with Gasteiger partial charge in [-0.2, -0.15) is 0 Å². The van der Waals surface area contributed by atoms with Gasteiger partial charge in [-0.3, -0.25) is 9.59 Å². The van der Waals surface area contributed by atoms with E-state index in [-0.39, 0.29) is 0 Å². The molecule has 7 heteroatoms. The molecule has 3 rings (SSSR count). The molecule has 1 atom stereocenters. The molecule has 0 fully saturated rings. The quantitative estimate of drug-likeness (QED) is 0.466. The molecule has 0 spiro atoms. The first-order valence-electron chi connectivity index (χ1n) is 9.13. The summed E-state index contributed by atoms with van der Waals surface area (Å²) in [7, 11) is 0. The number of carbonyl (C=O) groups is 2. The van der Waals surface area contributed by atoms with Crippen LogP contribution in [0.4, 0.5) is 18.9 Å². The van der Waals surface area contributed by atoms with Crippen molar-refractivity contribution in [1.29, 1.82) is 0 Å². The standard InChI is InChI=1S/C23H18F3NO3/c1-14(22(28)27-18-13-12-17(24)20(25)21(18)26)30-23(29)19(15-8-4-2-5-9-15)16-10-6-3-7-11-16/h2-14,19H,1H3,(H,27,28)/t14-/m0/s1. The Morgan fingerprint density at radius 3 is 1.87 bits per heavy atom. The number of halogens is 3. The number of carbonyl (C=O) groups excluding carboxylic acids is 2. The van der Waals surface area contributed by atoms with Gasteiger partial charge in [0.25, 0.3) is 5.91 Å². The molecule has 154 valence electrons. The van der Waals surface area contributed by atoms with Crippen LogP contribution in [0.25, 0.3) is 0 Å². The first-order valence-corrected chi connectivity index (χ1v) is 9.13. The number of rotatable bonds is 6. The Kier molecular flexibility index (Phi) is 6.51. The molecule has 0 unspecified atom stereocenters. The van der Waals surface area contributed by atoms with E-state index in [9.17, 15) is 22.8 Å². The van der Waals surface area contributed by atoms with Gasteiger partial charge in [0.2, 0.25) is 0 Å². The molecule has 0 radical (unpaired) electrons. The van der Waals surface area contributed by atoms with Crippen LogP contribution in [0.15, 0.2) is 72.8 Å². The summed E-state index contributed by atoms with van der Waals surface area (Å²) in [6, 6.07) is 19.4. The van der Waals surface area contributed by atoms with E-state index in [1.54, 1.807) is 48.5 Å². The van der Waals surface area contributed by atoms with Crippen molar-refractivity contribution in [2.24, 2.45) is 0 Å². The molecular weight excluding hydrogens is 395 g/mol. The van der Waals surface area contributed by atoms with Crippen LogP contribution < -0.4 is 5.32 Å². The number of anilines is 1. The second-order valence-corrected chi connectivity index (χ2v) is 6.55. The van der Waals surface area contributed by atoms with Crippen LogP contribution in [-0.4, -0.2) is 18.0 Å². The van der Waals surface area contributed by atoms with Crippen molar-refractivity contribution in [3.63, 3.8) is 0 Å². The van der Waals surface area contributed by atoms with Crippen molar-refractivity contribution in [2.75, 3.05) is 5.32 Å². The van der Waals surface area contributed by atoms with Crippen LogP contribution >= 0.6 is 0 Å². The average molecular weight is 413 g/mol. The molecule has 0 aromatic heterocycles. The molecule has 1 N–H and O–H groups in total. The third-order valence-electron chi connectivity index (χ3n) is 4.46. The fraction of sp³-hybridized carbons (Fsp3) is 0.130. The van der Waals surface area contributed by atoms with Gasteiger partial charge < -0.3 is 10.1 Å². The van der Waals surface area contributed by atoms with Crippen molar-refractivity contribution >= 4 is 17.6 Å². The lowest BCUT2D eigenvalue weighted by Crippen LogP contribution is -2.32. The fourth-order valence-corrected chi connectivity index (χ4v) is 2.91. The molecule has 0 heterocycles. The van der Waals surface area contributed by atoms with E-state index in [4.69, 9.17) is 4.74 Å². The highest BCUT2D eigenvalue weighted by Gasteiger charge is 2.28. The summed E-state index contributed by atoms with van der Waals surface area (Å²) in [5.41, 5.74) is 0.797. The third kappa shape index (κ3) is 4.68. The van der Waals surface area contributed by atoms with Crippen molar-refractivity contribution in [2.45, 2.75) is 18.9 Å². The van der Waals surface area contributed by atoms with Gasteiger partial charge in [0, 0.05) is 0 Å². The Hall–Kier alpha value is -3.61. The molecule has 30 heavy (non-hydrogen) atoms. The molecule has 3 aromatic carbocycles. The van der Waals surface area contributed by atoms with Gasteiger partial charge in [0.05, 0.1) is 5.69 Å². The molecule has 0 saturated carbocycles. The highest BCUT2D eigenvalue weighted by atomic mass is 19.2. The van der Waals surface area contributed by atoms with Crippen LogP contribution in [0.2, 0.25) is 0 Å². The number of hydrogen-bond acceptors (Lipinski definition) is 3.